The van der Waals surface area contributed by atoms with Crippen LogP contribution in [-0.4, -0.2) is 35.5 Å². The third-order valence-corrected chi connectivity index (χ3v) is 3.58. The van der Waals surface area contributed by atoms with Crippen molar-refractivity contribution in [3.63, 3.8) is 0 Å². The second-order valence-corrected chi connectivity index (χ2v) is 5.32. The lowest BCUT2D eigenvalue weighted by Gasteiger charge is -2.10. The highest BCUT2D eigenvalue weighted by molar-refractivity contribution is 5.90. The SMILES string of the molecule is CN(C)CCc1c(-c2ccccc2)[nH]c2ccncc12. The molecule has 0 spiro atoms. The van der Waals surface area contributed by atoms with Gasteiger partial charge in [0.1, 0.15) is 0 Å². The topological polar surface area (TPSA) is 31.9 Å². The fraction of sp³-hybridized carbons (Fsp3) is 0.235. The molecule has 3 nitrogen and oxygen atoms in total. The molecule has 0 fully saturated rings. The molecule has 0 aliphatic carbocycles. The predicted octanol–water partition coefficient (Wildman–Crippen LogP) is 3.33. The molecule has 0 bridgehead atoms. The molecule has 0 saturated carbocycles. The van der Waals surface area contributed by atoms with Crippen molar-refractivity contribution in [1.82, 2.24) is 14.9 Å². The Labute approximate surface area is 119 Å². The molecule has 2 heterocycles. The number of aromatic nitrogens is 2. The van der Waals surface area contributed by atoms with E-state index in [4.69, 9.17) is 0 Å². The lowest BCUT2D eigenvalue weighted by Crippen LogP contribution is -2.15. The quantitative estimate of drug-likeness (QED) is 0.784. The number of fused-ring (bicyclic) bond motifs is 1. The number of pyridine rings is 1. The zero-order valence-corrected chi connectivity index (χ0v) is 11.9. The van der Waals surface area contributed by atoms with E-state index in [1.807, 2.05) is 24.5 Å². The van der Waals surface area contributed by atoms with Crippen LogP contribution in [0.25, 0.3) is 22.2 Å². The van der Waals surface area contributed by atoms with E-state index < -0.39 is 0 Å². The van der Waals surface area contributed by atoms with E-state index in [9.17, 15) is 0 Å². The van der Waals surface area contributed by atoms with E-state index in [1.165, 1.54) is 22.2 Å². The van der Waals surface area contributed by atoms with Crippen LogP contribution in [0.2, 0.25) is 0 Å². The largest absolute Gasteiger partial charge is 0.354 e. The van der Waals surface area contributed by atoms with Crippen LogP contribution in [0.3, 0.4) is 0 Å². The molecule has 0 atom stereocenters. The molecule has 0 unspecified atom stereocenters. The zero-order valence-electron chi connectivity index (χ0n) is 11.9. The highest BCUT2D eigenvalue weighted by Crippen LogP contribution is 2.30. The van der Waals surface area contributed by atoms with Crippen molar-refractivity contribution in [2.75, 3.05) is 20.6 Å². The molecule has 20 heavy (non-hydrogen) atoms. The molecular formula is C17H19N3. The van der Waals surface area contributed by atoms with Gasteiger partial charge < -0.3 is 9.88 Å². The fourth-order valence-electron chi connectivity index (χ4n) is 2.54. The highest BCUT2D eigenvalue weighted by atomic mass is 15.0. The predicted molar refractivity (Wildman–Crippen MR) is 83.8 cm³/mol. The third-order valence-electron chi connectivity index (χ3n) is 3.58. The number of benzene rings is 1. The Balaban J connectivity index is 2.12. The molecule has 102 valence electrons. The summed E-state index contributed by atoms with van der Waals surface area (Å²) in [6, 6.07) is 12.5. The molecule has 0 radical (unpaired) electrons. The van der Waals surface area contributed by atoms with Crippen LogP contribution < -0.4 is 0 Å². The first-order chi connectivity index (χ1) is 9.75. The van der Waals surface area contributed by atoms with Gasteiger partial charge in [-0.3, -0.25) is 4.98 Å². The Kier molecular flexibility index (Phi) is 3.52. The van der Waals surface area contributed by atoms with Gasteiger partial charge in [0.2, 0.25) is 0 Å². The lowest BCUT2D eigenvalue weighted by molar-refractivity contribution is 0.414. The minimum atomic E-state index is 1.02. The second kappa shape index (κ2) is 5.47. The second-order valence-electron chi connectivity index (χ2n) is 5.32. The van der Waals surface area contributed by atoms with Crippen molar-refractivity contribution in [3.05, 3.63) is 54.4 Å². The molecule has 1 N–H and O–H groups in total. The van der Waals surface area contributed by atoms with Crippen LogP contribution >= 0.6 is 0 Å². The van der Waals surface area contributed by atoms with Gasteiger partial charge in [-0.25, -0.2) is 0 Å². The molecule has 0 aliphatic heterocycles. The molecular weight excluding hydrogens is 246 g/mol. The first-order valence-electron chi connectivity index (χ1n) is 6.90. The van der Waals surface area contributed by atoms with Crippen LogP contribution in [-0.2, 0) is 6.42 Å². The van der Waals surface area contributed by atoms with Gasteiger partial charge in [-0.2, -0.15) is 0 Å². The van der Waals surface area contributed by atoms with E-state index in [2.05, 4.69) is 53.2 Å². The van der Waals surface area contributed by atoms with Gasteiger partial charge in [0.15, 0.2) is 0 Å². The molecule has 0 aliphatic rings. The summed E-state index contributed by atoms with van der Waals surface area (Å²) < 4.78 is 0. The number of nitrogens with one attached hydrogen (secondary N) is 1. The van der Waals surface area contributed by atoms with Crippen molar-refractivity contribution >= 4 is 10.9 Å². The Bertz CT molecular complexity index is 699. The van der Waals surface area contributed by atoms with Crippen LogP contribution in [0.5, 0.6) is 0 Å². The van der Waals surface area contributed by atoms with Crippen LogP contribution in [0, 0.1) is 0 Å². The molecule has 1 aromatic carbocycles. The lowest BCUT2D eigenvalue weighted by atomic mass is 10.0. The summed E-state index contributed by atoms with van der Waals surface area (Å²) in [6.07, 6.45) is 4.81. The summed E-state index contributed by atoms with van der Waals surface area (Å²) in [6.45, 7) is 1.03. The van der Waals surface area contributed by atoms with E-state index in [0.29, 0.717) is 0 Å². The number of aromatic amines is 1. The average Bonchev–Trinajstić information content (AvgIpc) is 2.84. The van der Waals surface area contributed by atoms with Crippen LogP contribution in [0.4, 0.5) is 0 Å². The molecule has 3 aromatic rings. The van der Waals surface area contributed by atoms with Gasteiger partial charge in [0.25, 0.3) is 0 Å². The number of H-pyrrole nitrogens is 1. The normalized spacial score (nSPS) is 11.3. The summed E-state index contributed by atoms with van der Waals surface area (Å²) in [5, 5.41) is 1.23. The van der Waals surface area contributed by atoms with Gasteiger partial charge in [0.05, 0.1) is 0 Å². The minimum Gasteiger partial charge on any atom is -0.354 e. The van der Waals surface area contributed by atoms with Gasteiger partial charge in [-0.1, -0.05) is 30.3 Å². The maximum Gasteiger partial charge on any atom is 0.0498 e. The van der Waals surface area contributed by atoms with E-state index >= 15 is 0 Å². The molecule has 0 amide bonds. The Morgan fingerprint density at radius 3 is 2.65 bits per heavy atom. The number of rotatable bonds is 4. The maximum absolute atomic E-state index is 4.27. The van der Waals surface area contributed by atoms with Gasteiger partial charge >= 0.3 is 0 Å². The van der Waals surface area contributed by atoms with Crippen molar-refractivity contribution in [2.45, 2.75) is 6.42 Å². The first kappa shape index (κ1) is 12.9. The zero-order chi connectivity index (χ0) is 13.9. The third kappa shape index (κ3) is 2.45. The van der Waals surface area contributed by atoms with E-state index in [0.717, 1.165) is 18.5 Å². The average molecular weight is 265 g/mol. The molecule has 0 saturated heterocycles. The van der Waals surface area contributed by atoms with Crippen molar-refractivity contribution in [1.29, 1.82) is 0 Å². The summed E-state index contributed by atoms with van der Waals surface area (Å²) in [5.41, 5.74) is 4.97. The van der Waals surface area contributed by atoms with Crippen LogP contribution in [0.1, 0.15) is 5.56 Å². The van der Waals surface area contributed by atoms with Gasteiger partial charge in [0, 0.05) is 35.5 Å². The highest BCUT2D eigenvalue weighted by Gasteiger charge is 2.13. The van der Waals surface area contributed by atoms with E-state index in [-0.39, 0.29) is 0 Å². The number of likely N-dealkylation sites (N-methyl/N-ethyl adjacent to an activating group) is 1. The number of hydrogen-bond acceptors (Lipinski definition) is 2. The maximum atomic E-state index is 4.27. The first-order valence-corrected chi connectivity index (χ1v) is 6.90. The van der Waals surface area contributed by atoms with E-state index in [1.54, 1.807) is 0 Å². The Hall–Kier alpha value is -2.13. The smallest absolute Gasteiger partial charge is 0.0498 e. The summed E-state index contributed by atoms with van der Waals surface area (Å²) in [4.78, 5) is 10.0. The number of nitrogens with zero attached hydrogens (tertiary/aromatic N) is 2. The monoisotopic (exact) mass is 265 g/mol. The fourth-order valence-corrected chi connectivity index (χ4v) is 2.54. The van der Waals surface area contributed by atoms with Crippen LogP contribution in [0.15, 0.2) is 48.8 Å². The Morgan fingerprint density at radius 2 is 1.90 bits per heavy atom. The summed E-state index contributed by atoms with van der Waals surface area (Å²) in [7, 11) is 4.21. The van der Waals surface area contributed by atoms with Gasteiger partial charge in [-0.05, 0) is 37.7 Å². The minimum absolute atomic E-state index is 1.02. The van der Waals surface area contributed by atoms with Crippen molar-refractivity contribution < 1.29 is 0 Å². The standard InChI is InChI=1S/C17H19N3/c1-20(2)11-9-14-15-12-18-10-8-16(15)19-17(14)13-6-4-3-5-7-13/h3-8,10,12,19H,9,11H2,1-2H3. The number of hydrogen-bond donors (Lipinski definition) is 1. The van der Waals surface area contributed by atoms with Crippen molar-refractivity contribution in [3.8, 4) is 11.3 Å². The van der Waals surface area contributed by atoms with Crippen molar-refractivity contribution in [2.24, 2.45) is 0 Å². The molecule has 3 rings (SSSR count). The Morgan fingerprint density at radius 1 is 1.10 bits per heavy atom. The van der Waals surface area contributed by atoms with Gasteiger partial charge in [-0.15, -0.1) is 0 Å². The summed E-state index contributed by atoms with van der Waals surface area (Å²) >= 11 is 0. The molecule has 3 heteroatoms. The summed E-state index contributed by atoms with van der Waals surface area (Å²) in [5.74, 6) is 0. The molecule has 2 aromatic heterocycles.